The summed E-state index contributed by atoms with van der Waals surface area (Å²) in [6, 6.07) is 17.0. The fourth-order valence-corrected chi connectivity index (χ4v) is 6.72. The van der Waals surface area contributed by atoms with E-state index in [1.807, 2.05) is 18.2 Å². The predicted molar refractivity (Wildman–Crippen MR) is 114 cm³/mol. The van der Waals surface area contributed by atoms with Crippen molar-refractivity contribution >= 4 is 0 Å². The molecule has 0 saturated heterocycles. The third kappa shape index (κ3) is 3.19. The summed E-state index contributed by atoms with van der Waals surface area (Å²) in [4.78, 5) is 0. The van der Waals surface area contributed by atoms with Gasteiger partial charge in [-0.15, -0.1) is 0 Å². The van der Waals surface area contributed by atoms with Gasteiger partial charge in [0.25, 0.3) is 0 Å². The number of benzene rings is 2. The third-order valence-corrected chi connectivity index (χ3v) is 8.30. The quantitative estimate of drug-likeness (QED) is 0.793. The van der Waals surface area contributed by atoms with E-state index in [0.29, 0.717) is 24.4 Å². The molecule has 29 heavy (non-hydrogen) atoms. The van der Waals surface area contributed by atoms with Gasteiger partial charge in [0.1, 0.15) is 12.4 Å². The van der Waals surface area contributed by atoms with Gasteiger partial charge >= 0.3 is 0 Å². The second-order valence-electron chi connectivity index (χ2n) is 9.72. The minimum Gasteiger partial charge on any atom is -0.489 e. The van der Waals surface area contributed by atoms with Crippen molar-refractivity contribution in [3.05, 3.63) is 65.2 Å². The molecule has 0 aromatic heterocycles. The molecule has 6 atom stereocenters. The molecule has 2 fully saturated rings. The molecule has 5 rings (SSSR count). The maximum absolute atomic E-state index is 10.8. The number of ether oxygens (including phenoxy) is 1. The maximum atomic E-state index is 10.8. The molecule has 3 heteroatoms. The van der Waals surface area contributed by atoms with Crippen LogP contribution in [-0.2, 0) is 13.0 Å². The highest BCUT2D eigenvalue weighted by Gasteiger charge is 2.57. The summed E-state index contributed by atoms with van der Waals surface area (Å²) in [5.41, 5.74) is 4.11. The van der Waals surface area contributed by atoms with Gasteiger partial charge < -0.3 is 14.9 Å². The Bertz CT molecular complexity index is 864. The topological polar surface area (TPSA) is 49.7 Å². The molecule has 3 aliphatic carbocycles. The van der Waals surface area contributed by atoms with Gasteiger partial charge in [-0.2, -0.15) is 0 Å². The first-order valence-corrected chi connectivity index (χ1v) is 11.2. The van der Waals surface area contributed by atoms with E-state index >= 15 is 0 Å². The minimum absolute atomic E-state index is 0.0230. The highest BCUT2D eigenvalue weighted by atomic mass is 16.5. The van der Waals surface area contributed by atoms with E-state index in [1.165, 1.54) is 23.1 Å². The fourth-order valence-electron chi connectivity index (χ4n) is 6.72. The van der Waals surface area contributed by atoms with E-state index in [4.69, 9.17) is 4.74 Å². The van der Waals surface area contributed by atoms with E-state index in [0.717, 1.165) is 31.4 Å². The molecule has 0 aliphatic heterocycles. The predicted octanol–water partition coefficient (Wildman–Crippen LogP) is 4.70. The Kier molecular flexibility index (Phi) is 4.92. The third-order valence-electron chi connectivity index (χ3n) is 8.30. The van der Waals surface area contributed by atoms with Crippen LogP contribution in [-0.4, -0.2) is 22.9 Å². The lowest BCUT2D eigenvalue weighted by atomic mass is 9.55. The largest absolute Gasteiger partial charge is 0.489 e. The van der Waals surface area contributed by atoms with E-state index < -0.39 is 0 Å². The van der Waals surface area contributed by atoms with Crippen LogP contribution < -0.4 is 4.74 Å². The first-order valence-electron chi connectivity index (χ1n) is 11.2. The Morgan fingerprint density at radius 3 is 2.72 bits per heavy atom. The standard InChI is InChI=1S/C26H32O3/c1-26-12-11-22-21-10-8-20(29-16-17-5-3-2-4-6-17)13-18(21)7-9-23(22)24(26)14-19(15-27)25(26)28/h2-6,8,10,13,19,22-25,27-28H,7,9,11-12,14-16H2,1H3/t19?,22-,23-,24+,25?,26-/m1/s1. The molecule has 3 aliphatic rings. The van der Waals surface area contributed by atoms with Crippen molar-refractivity contribution in [1.29, 1.82) is 0 Å². The van der Waals surface area contributed by atoms with Gasteiger partial charge in [-0.25, -0.2) is 0 Å². The fraction of sp³-hybridized carbons (Fsp3) is 0.538. The molecule has 0 spiro atoms. The van der Waals surface area contributed by atoms with Gasteiger partial charge in [0, 0.05) is 12.5 Å². The molecule has 0 amide bonds. The Labute approximate surface area is 173 Å². The van der Waals surface area contributed by atoms with Gasteiger partial charge in [-0.3, -0.25) is 0 Å². The Hall–Kier alpha value is -1.84. The summed E-state index contributed by atoms with van der Waals surface area (Å²) in [7, 11) is 0. The maximum Gasteiger partial charge on any atom is 0.120 e. The van der Waals surface area contributed by atoms with Gasteiger partial charge in [0.15, 0.2) is 0 Å². The van der Waals surface area contributed by atoms with E-state index in [-0.39, 0.29) is 24.0 Å². The second kappa shape index (κ2) is 7.45. The van der Waals surface area contributed by atoms with Crippen LogP contribution in [0.25, 0.3) is 0 Å². The second-order valence-corrected chi connectivity index (χ2v) is 9.72. The van der Waals surface area contributed by atoms with Crippen molar-refractivity contribution < 1.29 is 14.9 Å². The van der Waals surface area contributed by atoms with Crippen LogP contribution in [0.5, 0.6) is 5.75 Å². The average Bonchev–Trinajstić information content (AvgIpc) is 3.03. The van der Waals surface area contributed by atoms with Crippen molar-refractivity contribution in [2.24, 2.45) is 23.2 Å². The molecule has 2 N–H and O–H groups in total. The zero-order chi connectivity index (χ0) is 20.0. The highest BCUT2D eigenvalue weighted by molar-refractivity contribution is 5.41. The normalized spacial score (nSPS) is 35.5. The number of aryl methyl sites for hydroxylation is 1. The molecular formula is C26H32O3. The van der Waals surface area contributed by atoms with Gasteiger partial charge in [0.2, 0.25) is 0 Å². The van der Waals surface area contributed by atoms with E-state index in [9.17, 15) is 10.2 Å². The van der Waals surface area contributed by atoms with Gasteiger partial charge in [-0.05, 0) is 84.1 Å². The number of aliphatic hydroxyl groups is 2. The first kappa shape index (κ1) is 19.1. The summed E-state index contributed by atoms with van der Waals surface area (Å²) < 4.78 is 6.06. The summed E-state index contributed by atoms with van der Waals surface area (Å²) in [6.45, 7) is 2.99. The Morgan fingerprint density at radius 2 is 1.93 bits per heavy atom. The van der Waals surface area contributed by atoms with Crippen molar-refractivity contribution in [1.82, 2.24) is 0 Å². The van der Waals surface area contributed by atoms with E-state index in [1.54, 1.807) is 0 Å². The summed E-state index contributed by atoms with van der Waals surface area (Å²) in [5.74, 6) is 2.76. The zero-order valence-corrected chi connectivity index (χ0v) is 17.3. The highest BCUT2D eigenvalue weighted by Crippen LogP contribution is 2.62. The van der Waals surface area contributed by atoms with Crippen LogP contribution >= 0.6 is 0 Å². The van der Waals surface area contributed by atoms with Crippen LogP contribution in [0, 0.1) is 23.2 Å². The van der Waals surface area contributed by atoms with Crippen LogP contribution in [0.1, 0.15) is 55.2 Å². The van der Waals surface area contributed by atoms with Crippen LogP contribution in [0.4, 0.5) is 0 Å². The minimum atomic E-state index is -0.353. The number of rotatable bonds is 4. The van der Waals surface area contributed by atoms with Crippen molar-refractivity contribution in [3.63, 3.8) is 0 Å². The number of fused-ring (bicyclic) bond motifs is 5. The van der Waals surface area contributed by atoms with Crippen molar-refractivity contribution in [3.8, 4) is 5.75 Å². The van der Waals surface area contributed by atoms with Crippen molar-refractivity contribution in [2.45, 2.75) is 57.7 Å². The summed E-state index contributed by atoms with van der Waals surface area (Å²) >= 11 is 0. The molecule has 0 bridgehead atoms. The van der Waals surface area contributed by atoms with Gasteiger partial charge in [-0.1, -0.05) is 43.3 Å². The van der Waals surface area contributed by atoms with Crippen LogP contribution in [0.15, 0.2) is 48.5 Å². The Morgan fingerprint density at radius 1 is 1.10 bits per heavy atom. The first-order chi connectivity index (χ1) is 14.1. The smallest absolute Gasteiger partial charge is 0.120 e. The molecular weight excluding hydrogens is 360 g/mol. The molecule has 2 aromatic rings. The lowest BCUT2D eigenvalue weighted by Crippen LogP contribution is -2.44. The molecule has 3 nitrogen and oxygen atoms in total. The SMILES string of the molecule is C[C@@]12CC[C@@H]3c4ccc(OCc5ccccc5)cc4CC[C@H]3[C@@H]1CC(CO)C2O. The zero-order valence-electron chi connectivity index (χ0n) is 17.3. The summed E-state index contributed by atoms with van der Waals surface area (Å²) in [6.07, 6.45) is 5.10. The molecule has 154 valence electrons. The molecule has 2 saturated carbocycles. The molecule has 2 aromatic carbocycles. The van der Waals surface area contributed by atoms with Crippen LogP contribution in [0.3, 0.4) is 0 Å². The molecule has 0 heterocycles. The molecule has 2 unspecified atom stereocenters. The average molecular weight is 393 g/mol. The number of hydrogen-bond donors (Lipinski definition) is 2. The lowest BCUT2D eigenvalue weighted by Gasteiger charge is -2.50. The molecule has 0 radical (unpaired) electrons. The van der Waals surface area contributed by atoms with E-state index in [2.05, 4.69) is 37.3 Å². The van der Waals surface area contributed by atoms with Crippen LogP contribution in [0.2, 0.25) is 0 Å². The lowest BCUT2D eigenvalue weighted by molar-refractivity contribution is -0.0379. The Balaban J connectivity index is 1.34. The van der Waals surface area contributed by atoms with Crippen molar-refractivity contribution in [2.75, 3.05) is 6.61 Å². The monoisotopic (exact) mass is 392 g/mol. The number of aliphatic hydroxyl groups excluding tert-OH is 2. The summed E-state index contributed by atoms with van der Waals surface area (Å²) in [5, 5.41) is 20.6. The van der Waals surface area contributed by atoms with Gasteiger partial charge in [0.05, 0.1) is 6.10 Å². The number of hydrogen-bond acceptors (Lipinski definition) is 3.